The summed E-state index contributed by atoms with van der Waals surface area (Å²) < 4.78 is 4.69. The van der Waals surface area contributed by atoms with Crippen molar-refractivity contribution in [2.75, 3.05) is 38.2 Å². The van der Waals surface area contributed by atoms with Crippen LogP contribution in [0.15, 0.2) is 18.2 Å². The van der Waals surface area contributed by atoms with Gasteiger partial charge in [-0.25, -0.2) is 4.79 Å². The lowest BCUT2D eigenvalue weighted by Gasteiger charge is -2.36. The topological polar surface area (TPSA) is 56.6 Å². The van der Waals surface area contributed by atoms with Crippen LogP contribution in [0, 0.1) is 11.3 Å². The number of ether oxygens (including phenoxy) is 1. The summed E-state index contributed by atoms with van der Waals surface area (Å²) >= 11 is 6.17. The molecule has 1 aromatic carbocycles. The molecule has 19 heavy (non-hydrogen) atoms. The number of methoxy groups -OCH3 is 1. The number of anilines is 1. The molecule has 0 atom stereocenters. The minimum atomic E-state index is -0.320. The SMILES string of the molecule is COC(=O)N1CCN(c2c(Cl)cccc2C#N)CC1. The van der Waals surface area contributed by atoms with Gasteiger partial charge in [-0.05, 0) is 12.1 Å². The first-order chi connectivity index (χ1) is 9.17. The van der Waals surface area contributed by atoms with Gasteiger partial charge < -0.3 is 14.5 Å². The first-order valence-corrected chi connectivity index (χ1v) is 6.31. The van der Waals surface area contributed by atoms with E-state index in [2.05, 4.69) is 10.8 Å². The Morgan fingerprint density at radius 1 is 1.37 bits per heavy atom. The number of hydrogen-bond donors (Lipinski definition) is 0. The van der Waals surface area contributed by atoms with Crippen LogP contribution >= 0.6 is 11.6 Å². The predicted octanol–water partition coefficient (Wildman–Crippen LogP) is 2.10. The summed E-state index contributed by atoms with van der Waals surface area (Å²) in [6.45, 7) is 2.38. The Bertz CT molecular complexity index is 519. The summed E-state index contributed by atoms with van der Waals surface area (Å²) in [5.41, 5.74) is 1.30. The zero-order valence-electron chi connectivity index (χ0n) is 10.6. The minimum Gasteiger partial charge on any atom is -0.453 e. The average molecular weight is 280 g/mol. The lowest BCUT2D eigenvalue weighted by atomic mass is 10.1. The number of benzene rings is 1. The van der Waals surface area contributed by atoms with Gasteiger partial charge in [0.2, 0.25) is 0 Å². The summed E-state index contributed by atoms with van der Waals surface area (Å²) in [7, 11) is 1.37. The second-order valence-electron chi connectivity index (χ2n) is 4.19. The molecule has 1 fully saturated rings. The van der Waals surface area contributed by atoms with Crippen molar-refractivity contribution < 1.29 is 9.53 Å². The van der Waals surface area contributed by atoms with Crippen molar-refractivity contribution in [2.45, 2.75) is 0 Å². The molecule has 1 aliphatic heterocycles. The fraction of sp³-hybridized carbons (Fsp3) is 0.385. The van der Waals surface area contributed by atoms with Crippen LogP contribution < -0.4 is 4.90 Å². The maximum atomic E-state index is 11.4. The highest BCUT2D eigenvalue weighted by atomic mass is 35.5. The third-order valence-corrected chi connectivity index (χ3v) is 3.44. The van der Waals surface area contributed by atoms with Crippen molar-refractivity contribution in [3.05, 3.63) is 28.8 Å². The summed E-state index contributed by atoms with van der Waals surface area (Å²) in [6, 6.07) is 7.42. The fourth-order valence-electron chi connectivity index (χ4n) is 2.17. The average Bonchev–Trinajstić information content (AvgIpc) is 2.46. The lowest BCUT2D eigenvalue weighted by molar-refractivity contribution is 0.121. The van der Waals surface area contributed by atoms with Crippen LogP contribution in [0.25, 0.3) is 0 Å². The van der Waals surface area contributed by atoms with Crippen LogP contribution in [-0.4, -0.2) is 44.3 Å². The van der Waals surface area contributed by atoms with Gasteiger partial charge in [0.1, 0.15) is 6.07 Å². The fourth-order valence-corrected chi connectivity index (χ4v) is 2.46. The number of amides is 1. The van der Waals surface area contributed by atoms with Gasteiger partial charge in [-0.1, -0.05) is 17.7 Å². The molecular weight excluding hydrogens is 266 g/mol. The molecule has 100 valence electrons. The van der Waals surface area contributed by atoms with E-state index in [-0.39, 0.29) is 6.09 Å². The Morgan fingerprint density at radius 3 is 2.63 bits per heavy atom. The van der Waals surface area contributed by atoms with Gasteiger partial charge in [0.25, 0.3) is 0 Å². The predicted molar refractivity (Wildman–Crippen MR) is 72.4 cm³/mol. The molecule has 0 aromatic heterocycles. The van der Waals surface area contributed by atoms with Crippen LogP contribution in [0.3, 0.4) is 0 Å². The molecule has 5 nitrogen and oxygen atoms in total. The van der Waals surface area contributed by atoms with E-state index in [1.807, 2.05) is 4.90 Å². The Hall–Kier alpha value is -1.93. The van der Waals surface area contributed by atoms with Gasteiger partial charge in [-0.3, -0.25) is 0 Å². The van der Waals surface area contributed by atoms with Crippen molar-refractivity contribution >= 4 is 23.4 Å². The summed E-state index contributed by atoms with van der Waals surface area (Å²) in [4.78, 5) is 15.1. The largest absolute Gasteiger partial charge is 0.453 e. The van der Waals surface area contributed by atoms with E-state index in [0.29, 0.717) is 36.8 Å². The molecule has 0 radical (unpaired) electrons. The van der Waals surface area contributed by atoms with Gasteiger partial charge in [-0.2, -0.15) is 5.26 Å². The number of piperazine rings is 1. The molecule has 0 bridgehead atoms. The molecule has 1 amide bonds. The Morgan fingerprint density at radius 2 is 2.05 bits per heavy atom. The number of carbonyl (C=O) groups is 1. The first-order valence-electron chi connectivity index (χ1n) is 5.94. The van der Waals surface area contributed by atoms with Crippen molar-refractivity contribution in [1.82, 2.24) is 4.90 Å². The van der Waals surface area contributed by atoms with E-state index in [1.54, 1.807) is 23.1 Å². The van der Waals surface area contributed by atoms with E-state index >= 15 is 0 Å². The molecule has 0 spiro atoms. The minimum absolute atomic E-state index is 0.320. The highest BCUT2D eigenvalue weighted by Crippen LogP contribution is 2.30. The molecule has 1 aliphatic rings. The number of nitriles is 1. The Kier molecular flexibility index (Phi) is 4.13. The molecule has 0 saturated carbocycles. The normalized spacial score (nSPS) is 15.0. The van der Waals surface area contributed by atoms with Crippen molar-refractivity contribution in [3.8, 4) is 6.07 Å². The smallest absolute Gasteiger partial charge is 0.409 e. The summed E-state index contributed by atoms with van der Waals surface area (Å²) in [6.07, 6.45) is -0.320. The first kappa shape index (κ1) is 13.5. The monoisotopic (exact) mass is 279 g/mol. The van der Waals surface area contributed by atoms with Crippen LogP contribution in [0.1, 0.15) is 5.56 Å². The third kappa shape index (κ3) is 2.74. The van der Waals surface area contributed by atoms with E-state index in [0.717, 1.165) is 5.69 Å². The number of carbonyl (C=O) groups excluding carboxylic acids is 1. The van der Waals surface area contributed by atoms with Crippen LogP contribution in [-0.2, 0) is 4.74 Å². The molecule has 1 aromatic rings. The molecular formula is C13H14ClN3O2. The Labute approximate surface area is 116 Å². The zero-order valence-corrected chi connectivity index (χ0v) is 11.4. The van der Waals surface area contributed by atoms with Gasteiger partial charge in [-0.15, -0.1) is 0 Å². The number of halogens is 1. The highest BCUT2D eigenvalue weighted by molar-refractivity contribution is 6.33. The second kappa shape index (κ2) is 5.81. The number of nitrogens with zero attached hydrogens (tertiary/aromatic N) is 3. The summed E-state index contributed by atoms with van der Waals surface area (Å²) in [5, 5.41) is 9.69. The van der Waals surface area contributed by atoms with Crippen molar-refractivity contribution in [3.63, 3.8) is 0 Å². The van der Waals surface area contributed by atoms with Crippen LogP contribution in [0.2, 0.25) is 5.02 Å². The van der Waals surface area contributed by atoms with Crippen LogP contribution in [0.4, 0.5) is 10.5 Å². The molecule has 0 unspecified atom stereocenters. The molecule has 0 aliphatic carbocycles. The number of rotatable bonds is 1. The van der Waals surface area contributed by atoms with Gasteiger partial charge in [0, 0.05) is 26.2 Å². The molecule has 1 saturated heterocycles. The number of hydrogen-bond acceptors (Lipinski definition) is 4. The third-order valence-electron chi connectivity index (χ3n) is 3.14. The molecule has 6 heteroatoms. The quantitative estimate of drug-likeness (QED) is 0.790. The lowest BCUT2D eigenvalue weighted by Crippen LogP contribution is -2.49. The molecule has 0 N–H and O–H groups in total. The van der Waals surface area contributed by atoms with Gasteiger partial charge in [0.05, 0.1) is 23.4 Å². The Balaban J connectivity index is 2.14. The maximum absolute atomic E-state index is 11.4. The zero-order chi connectivity index (χ0) is 13.8. The van der Waals surface area contributed by atoms with Crippen LogP contribution in [0.5, 0.6) is 0 Å². The van der Waals surface area contributed by atoms with Crippen molar-refractivity contribution in [1.29, 1.82) is 5.26 Å². The second-order valence-corrected chi connectivity index (χ2v) is 4.60. The number of para-hydroxylation sites is 1. The van der Waals surface area contributed by atoms with Gasteiger partial charge >= 0.3 is 6.09 Å². The molecule has 1 heterocycles. The van der Waals surface area contributed by atoms with E-state index < -0.39 is 0 Å². The van der Waals surface area contributed by atoms with E-state index in [4.69, 9.17) is 16.9 Å². The van der Waals surface area contributed by atoms with E-state index in [9.17, 15) is 4.79 Å². The van der Waals surface area contributed by atoms with Gasteiger partial charge in [0.15, 0.2) is 0 Å². The highest BCUT2D eigenvalue weighted by Gasteiger charge is 2.24. The standard InChI is InChI=1S/C13H14ClN3O2/c1-19-13(18)17-7-5-16(6-8-17)12-10(9-15)3-2-4-11(12)14/h2-4H,5-8H2,1H3. The van der Waals surface area contributed by atoms with E-state index in [1.165, 1.54) is 7.11 Å². The maximum Gasteiger partial charge on any atom is 0.409 e. The van der Waals surface area contributed by atoms with Crippen molar-refractivity contribution in [2.24, 2.45) is 0 Å². The summed E-state index contributed by atoms with van der Waals surface area (Å²) in [5.74, 6) is 0. The molecule has 2 rings (SSSR count).